The summed E-state index contributed by atoms with van der Waals surface area (Å²) in [4.78, 5) is 36.1. The Labute approximate surface area is 242 Å². The van der Waals surface area contributed by atoms with Gasteiger partial charge in [0, 0.05) is 22.8 Å². The quantitative estimate of drug-likeness (QED) is 0.130. The van der Waals surface area contributed by atoms with Crippen LogP contribution in [-0.4, -0.2) is 69.8 Å². The second-order valence-corrected chi connectivity index (χ2v) is 9.79. The van der Waals surface area contributed by atoms with Gasteiger partial charge in [-0.05, 0) is 25.1 Å². The SMILES string of the molecule is CCNC(=O)N(N)c1ncnc(NC2OC(COc3ncccc3C(=O)O)C3OC(c4ccccc4Br)OC23)c1N. The molecule has 3 aromatic rings. The van der Waals surface area contributed by atoms with Gasteiger partial charge in [-0.1, -0.05) is 34.1 Å². The summed E-state index contributed by atoms with van der Waals surface area (Å²) in [5.41, 5.74) is 6.95. The van der Waals surface area contributed by atoms with Crippen LogP contribution in [0.4, 0.5) is 22.1 Å². The fraction of sp³-hybridized carbons (Fsp3) is 0.320. The number of nitrogens with one attached hydrogen (secondary N) is 2. The third kappa shape index (κ3) is 5.86. The predicted octanol–water partition coefficient (Wildman–Crippen LogP) is 2.02. The Kier molecular flexibility index (Phi) is 8.46. The van der Waals surface area contributed by atoms with Gasteiger partial charge in [0.25, 0.3) is 0 Å². The monoisotopic (exact) mass is 630 g/mol. The van der Waals surface area contributed by atoms with Crippen molar-refractivity contribution in [2.75, 3.05) is 29.2 Å². The molecule has 2 aliphatic heterocycles. The molecule has 7 N–H and O–H groups in total. The highest BCUT2D eigenvalue weighted by Crippen LogP contribution is 2.42. The number of halogens is 1. The molecule has 2 aliphatic rings. The number of amides is 2. The average Bonchev–Trinajstić information content (AvgIpc) is 3.53. The minimum atomic E-state index is -1.18. The summed E-state index contributed by atoms with van der Waals surface area (Å²) in [5.74, 6) is 4.80. The van der Waals surface area contributed by atoms with Crippen molar-refractivity contribution in [2.45, 2.75) is 37.8 Å². The van der Waals surface area contributed by atoms with Crippen molar-refractivity contribution in [3.05, 3.63) is 64.5 Å². The number of hydrogen-bond donors (Lipinski definition) is 5. The molecule has 2 aromatic heterocycles. The van der Waals surface area contributed by atoms with E-state index in [1.165, 1.54) is 24.7 Å². The first-order valence-corrected chi connectivity index (χ1v) is 13.3. The van der Waals surface area contributed by atoms with Crippen LogP contribution in [0.5, 0.6) is 5.88 Å². The Morgan fingerprint density at radius 2 is 1.90 bits per heavy atom. The number of pyridine rings is 1. The van der Waals surface area contributed by atoms with E-state index in [0.29, 0.717) is 6.54 Å². The van der Waals surface area contributed by atoms with Crippen molar-refractivity contribution in [1.29, 1.82) is 0 Å². The smallest absolute Gasteiger partial charge is 0.341 e. The zero-order valence-electron chi connectivity index (χ0n) is 21.6. The standard InChI is InChI=1S/C25H27BrN8O7/c1-2-29-25(37)34(28)20-16(27)19(31-11-32-20)33-22-18-17(40-24(41-18)12-6-3-4-8-14(12)26)15(39-22)10-38-21-13(23(35)36)7-5-9-30-21/h3-9,11,15,17-18,22,24H,2,10,27-28H2,1H3,(H,29,37)(H,35,36)(H,31,32,33). The van der Waals surface area contributed by atoms with E-state index in [0.717, 1.165) is 15.0 Å². The third-order valence-corrected chi connectivity index (χ3v) is 7.06. The number of carboxylic acids is 1. The first-order chi connectivity index (χ1) is 19.8. The number of anilines is 3. The molecule has 0 spiro atoms. The largest absolute Gasteiger partial charge is 0.477 e. The highest BCUT2D eigenvalue weighted by atomic mass is 79.9. The normalized spacial score (nSPS) is 23.0. The summed E-state index contributed by atoms with van der Waals surface area (Å²) in [7, 11) is 0. The Bertz CT molecular complexity index is 1430. The van der Waals surface area contributed by atoms with Crippen molar-refractivity contribution in [2.24, 2.45) is 5.84 Å². The number of carbonyl (C=O) groups is 2. The Morgan fingerprint density at radius 1 is 1.12 bits per heavy atom. The van der Waals surface area contributed by atoms with Crippen LogP contribution >= 0.6 is 15.9 Å². The van der Waals surface area contributed by atoms with Crippen LogP contribution < -0.4 is 32.0 Å². The number of rotatable bonds is 9. The second kappa shape index (κ2) is 12.2. The molecule has 41 heavy (non-hydrogen) atoms. The van der Waals surface area contributed by atoms with Gasteiger partial charge >= 0.3 is 12.0 Å². The molecular formula is C25H27BrN8O7. The summed E-state index contributed by atoms with van der Waals surface area (Å²) < 4.78 is 25.3. The number of ether oxygens (including phenoxy) is 4. The molecule has 2 fully saturated rings. The lowest BCUT2D eigenvalue weighted by molar-refractivity contribution is -0.133. The minimum Gasteiger partial charge on any atom is -0.477 e. The molecule has 0 bridgehead atoms. The molecule has 0 aliphatic carbocycles. The van der Waals surface area contributed by atoms with Crippen LogP contribution in [0.3, 0.4) is 0 Å². The highest BCUT2D eigenvalue weighted by molar-refractivity contribution is 9.10. The van der Waals surface area contributed by atoms with E-state index in [-0.39, 0.29) is 35.4 Å². The molecule has 1 aromatic carbocycles. The van der Waals surface area contributed by atoms with Crippen molar-refractivity contribution in [3.63, 3.8) is 0 Å². The lowest BCUT2D eigenvalue weighted by Gasteiger charge is -2.23. The Balaban J connectivity index is 1.39. The number of carboxylic acid groups (broad SMARTS) is 1. The van der Waals surface area contributed by atoms with Gasteiger partial charge in [-0.15, -0.1) is 0 Å². The molecule has 0 saturated carbocycles. The molecule has 4 heterocycles. The number of hydrazine groups is 1. The number of benzene rings is 1. The number of nitrogens with zero attached hydrogens (tertiary/aromatic N) is 4. The maximum atomic E-state index is 12.2. The molecule has 5 unspecified atom stereocenters. The van der Waals surface area contributed by atoms with E-state index < -0.39 is 42.8 Å². The first-order valence-electron chi connectivity index (χ1n) is 12.5. The van der Waals surface area contributed by atoms with Gasteiger partial charge < -0.3 is 40.4 Å². The molecule has 16 heteroatoms. The van der Waals surface area contributed by atoms with Crippen LogP contribution in [0.2, 0.25) is 0 Å². The topological polar surface area (TPSA) is 209 Å². The third-order valence-electron chi connectivity index (χ3n) is 6.33. The van der Waals surface area contributed by atoms with Crippen LogP contribution in [0.15, 0.2) is 53.4 Å². The van der Waals surface area contributed by atoms with Gasteiger partial charge in [0.05, 0.1) is 0 Å². The number of nitrogens with two attached hydrogens (primary N) is 2. The van der Waals surface area contributed by atoms with E-state index in [4.69, 9.17) is 30.5 Å². The lowest BCUT2D eigenvalue weighted by Crippen LogP contribution is -2.45. The first kappa shape index (κ1) is 28.4. The second-order valence-electron chi connectivity index (χ2n) is 8.93. The number of hydrogen-bond acceptors (Lipinski definition) is 12. The summed E-state index contributed by atoms with van der Waals surface area (Å²) in [6.45, 7) is 2.01. The number of nitrogen functional groups attached to an aromatic ring is 1. The molecular weight excluding hydrogens is 604 g/mol. The summed E-state index contributed by atoms with van der Waals surface area (Å²) >= 11 is 3.53. The maximum Gasteiger partial charge on any atom is 0.341 e. The summed E-state index contributed by atoms with van der Waals surface area (Å²) in [6.07, 6.45) is -0.966. The van der Waals surface area contributed by atoms with E-state index in [1.54, 1.807) is 6.92 Å². The number of fused-ring (bicyclic) bond motifs is 1. The molecule has 15 nitrogen and oxygen atoms in total. The van der Waals surface area contributed by atoms with Crippen molar-refractivity contribution in [3.8, 4) is 5.88 Å². The van der Waals surface area contributed by atoms with Crippen molar-refractivity contribution in [1.82, 2.24) is 20.3 Å². The fourth-order valence-electron chi connectivity index (χ4n) is 4.41. The lowest BCUT2D eigenvalue weighted by atomic mass is 10.1. The van der Waals surface area contributed by atoms with Gasteiger partial charge in [-0.25, -0.2) is 35.4 Å². The summed E-state index contributed by atoms with van der Waals surface area (Å²) in [6, 6.07) is 9.76. The van der Waals surface area contributed by atoms with E-state index in [2.05, 4.69) is 41.5 Å². The number of aromatic carboxylic acids is 1. The van der Waals surface area contributed by atoms with Crippen molar-refractivity contribution < 1.29 is 33.6 Å². The van der Waals surface area contributed by atoms with Crippen molar-refractivity contribution >= 4 is 45.3 Å². The molecule has 216 valence electrons. The summed E-state index contributed by atoms with van der Waals surface area (Å²) in [5, 5.41) is 15.9. The average molecular weight is 631 g/mol. The minimum absolute atomic E-state index is 0.00181. The Hall–Kier alpha value is -4.09. The van der Waals surface area contributed by atoms with E-state index in [1.807, 2.05) is 24.3 Å². The van der Waals surface area contributed by atoms with Gasteiger partial charge in [0.2, 0.25) is 5.88 Å². The fourth-order valence-corrected chi connectivity index (χ4v) is 4.88. The van der Waals surface area contributed by atoms with Gasteiger partial charge in [0.1, 0.15) is 42.5 Å². The van der Waals surface area contributed by atoms with Gasteiger partial charge in [-0.2, -0.15) is 0 Å². The van der Waals surface area contributed by atoms with Crippen LogP contribution in [0.25, 0.3) is 0 Å². The highest BCUT2D eigenvalue weighted by Gasteiger charge is 2.54. The van der Waals surface area contributed by atoms with Crippen LogP contribution in [0.1, 0.15) is 29.1 Å². The number of aromatic nitrogens is 3. The zero-order valence-corrected chi connectivity index (χ0v) is 23.2. The number of carbonyl (C=O) groups excluding carboxylic acids is 1. The van der Waals surface area contributed by atoms with Crippen LogP contribution in [-0.2, 0) is 14.2 Å². The van der Waals surface area contributed by atoms with Gasteiger partial charge in [0.15, 0.2) is 24.2 Å². The van der Waals surface area contributed by atoms with E-state index >= 15 is 0 Å². The van der Waals surface area contributed by atoms with E-state index in [9.17, 15) is 14.7 Å². The molecule has 0 radical (unpaired) electrons. The predicted molar refractivity (Wildman–Crippen MR) is 148 cm³/mol. The van der Waals surface area contributed by atoms with Gasteiger partial charge in [-0.3, -0.25) is 0 Å². The zero-order chi connectivity index (χ0) is 29.1. The molecule has 5 atom stereocenters. The Morgan fingerprint density at radius 3 is 2.66 bits per heavy atom. The molecule has 2 saturated heterocycles. The molecule has 2 amide bonds. The maximum absolute atomic E-state index is 12.2. The van der Waals surface area contributed by atoms with Crippen LogP contribution in [0, 0.1) is 0 Å². The number of urea groups is 1. The molecule has 5 rings (SSSR count).